The Morgan fingerprint density at radius 2 is 1.93 bits per heavy atom. The summed E-state index contributed by atoms with van der Waals surface area (Å²) in [5.41, 5.74) is 0. The Balaban J connectivity index is 1.91. The lowest BCUT2D eigenvalue weighted by molar-refractivity contribution is 0.735. The fourth-order valence-electron chi connectivity index (χ4n) is 1.43. The van der Waals surface area contributed by atoms with E-state index in [1.807, 2.05) is 21.6 Å². The highest BCUT2D eigenvalue weighted by molar-refractivity contribution is 8.78. The molecule has 1 aliphatic carbocycles. The van der Waals surface area contributed by atoms with Gasteiger partial charge in [0.1, 0.15) is 0 Å². The third-order valence-corrected chi connectivity index (χ3v) is 4.63. The number of rotatable bonds is 3. The molecule has 0 nitrogen and oxygen atoms in total. The molecular weight excluding hydrogens is 220 g/mol. The molecule has 78 valence electrons. The summed E-state index contributed by atoms with van der Waals surface area (Å²) in [4.78, 5) is 2.69. The second kappa shape index (κ2) is 5.47. The van der Waals surface area contributed by atoms with Crippen molar-refractivity contribution < 1.29 is 0 Å². The largest absolute Gasteiger partial charge is 0.0828 e. The molecule has 0 fully saturated rings. The van der Waals surface area contributed by atoms with Gasteiger partial charge in [-0.05, 0) is 24.5 Å². The van der Waals surface area contributed by atoms with Gasteiger partial charge < -0.3 is 0 Å². The third-order valence-electron chi connectivity index (χ3n) is 2.22. The van der Waals surface area contributed by atoms with Crippen molar-refractivity contribution in [2.75, 3.05) is 0 Å². The lowest BCUT2D eigenvalue weighted by atomic mass is 10.0. The predicted octanol–water partition coefficient (Wildman–Crippen LogP) is 4.91. The van der Waals surface area contributed by atoms with E-state index in [1.165, 1.54) is 16.2 Å². The van der Waals surface area contributed by atoms with Crippen LogP contribution in [0.5, 0.6) is 0 Å². The third kappa shape index (κ3) is 3.47. The van der Waals surface area contributed by atoms with E-state index in [-0.39, 0.29) is 0 Å². The first-order valence-electron chi connectivity index (χ1n) is 5.12. The van der Waals surface area contributed by atoms with Crippen molar-refractivity contribution in [1.29, 1.82) is 0 Å². The van der Waals surface area contributed by atoms with Crippen LogP contribution in [-0.4, -0.2) is 0 Å². The van der Waals surface area contributed by atoms with Gasteiger partial charge in [0.25, 0.3) is 0 Å². The molecule has 2 heteroatoms. The molecule has 0 heterocycles. The van der Waals surface area contributed by atoms with Crippen LogP contribution in [0.25, 0.3) is 0 Å². The topological polar surface area (TPSA) is 0 Å². The normalized spacial score (nSPS) is 20.1. The summed E-state index contributed by atoms with van der Waals surface area (Å²) in [7, 11) is 3.67. The van der Waals surface area contributed by atoms with Crippen LogP contribution >= 0.6 is 21.6 Å². The SMILES string of the molecule is CC1C=C(SSc2ccccc2)C=CC1. The Hall–Kier alpha value is -0.600. The highest BCUT2D eigenvalue weighted by Gasteiger charge is 2.05. The second-order valence-corrected chi connectivity index (χ2v) is 5.94. The van der Waals surface area contributed by atoms with E-state index < -0.39 is 0 Å². The van der Waals surface area contributed by atoms with Gasteiger partial charge in [0.15, 0.2) is 0 Å². The van der Waals surface area contributed by atoms with Crippen molar-refractivity contribution >= 4 is 21.6 Å². The van der Waals surface area contributed by atoms with Crippen molar-refractivity contribution in [3.05, 3.63) is 53.5 Å². The van der Waals surface area contributed by atoms with Gasteiger partial charge in [-0.25, -0.2) is 0 Å². The summed E-state index contributed by atoms with van der Waals surface area (Å²) < 4.78 is 0. The molecule has 0 N–H and O–H groups in total. The smallest absolute Gasteiger partial charge is 0.0186 e. The molecule has 0 amide bonds. The number of hydrogen-bond donors (Lipinski definition) is 0. The Morgan fingerprint density at radius 1 is 1.13 bits per heavy atom. The summed E-state index contributed by atoms with van der Waals surface area (Å²) in [6.07, 6.45) is 8.01. The first kappa shape index (κ1) is 10.9. The Bertz CT molecular complexity index is 365. The molecule has 1 unspecified atom stereocenters. The summed E-state index contributed by atoms with van der Waals surface area (Å²) >= 11 is 0. The molecule has 0 saturated carbocycles. The minimum atomic E-state index is 0.689. The standard InChI is InChI=1S/C13H14S2/c1-11-6-5-9-13(10-11)15-14-12-7-3-2-4-8-12/h2-5,7-11H,6H2,1H3. The molecule has 0 radical (unpaired) electrons. The second-order valence-electron chi connectivity index (χ2n) is 3.66. The lowest BCUT2D eigenvalue weighted by Gasteiger charge is -2.10. The molecule has 1 aliphatic rings. The maximum Gasteiger partial charge on any atom is 0.0186 e. The van der Waals surface area contributed by atoms with E-state index in [9.17, 15) is 0 Å². The molecule has 1 atom stereocenters. The van der Waals surface area contributed by atoms with E-state index in [1.54, 1.807) is 0 Å². The minimum absolute atomic E-state index is 0.689. The predicted molar refractivity (Wildman–Crippen MR) is 70.9 cm³/mol. The van der Waals surface area contributed by atoms with E-state index in [4.69, 9.17) is 0 Å². The van der Waals surface area contributed by atoms with Crippen LogP contribution in [0.4, 0.5) is 0 Å². The maximum absolute atomic E-state index is 2.35. The van der Waals surface area contributed by atoms with Crippen molar-refractivity contribution in [3.8, 4) is 0 Å². The van der Waals surface area contributed by atoms with E-state index >= 15 is 0 Å². The van der Waals surface area contributed by atoms with Gasteiger partial charge in [-0.15, -0.1) is 0 Å². The molecule has 0 aromatic heterocycles. The van der Waals surface area contributed by atoms with E-state index in [0.717, 1.165) is 0 Å². The van der Waals surface area contributed by atoms with Crippen LogP contribution in [0.1, 0.15) is 13.3 Å². The van der Waals surface area contributed by atoms with Gasteiger partial charge in [0.05, 0.1) is 0 Å². The Kier molecular flexibility index (Phi) is 3.98. The van der Waals surface area contributed by atoms with Crippen molar-refractivity contribution in [3.63, 3.8) is 0 Å². The molecule has 1 aromatic carbocycles. The molecule has 1 aromatic rings. The fourth-order valence-corrected chi connectivity index (χ4v) is 3.58. The maximum atomic E-state index is 2.35. The molecule has 2 rings (SSSR count). The average molecular weight is 234 g/mol. The number of allylic oxidation sites excluding steroid dienone is 3. The van der Waals surface area contributed by atoms with Gasteiger partial charge in [0.2, 0.25) is 0 Å². The van der Waals surface area contributed by atoms with Crippen molar-refractivity contribution in [1.82, 2.24) is 0 Å². The van der Waals surface area contributed by atoms with Gasteiger partial charge in [-0.1, -0.05) is 64.9 Å². The van der Waals surface area contributed by atoms with Crippen LogP contribution < -0.4 is 0 Å². The minimum Gasteiger partial charge on any atom is -0.0828 e. The van der Waals surface area contributed by atoms with Crippen LogP contribution in [0, 0.1) is 5.92 Å². The summed E-state index contributed by atoms with van der Waals surface area (Å²) in [5.74, 6) is 0.689. The summed E-state index contributed by atoms with van der Waals surface area (Å²) in [6.45, 7) is 2.26. The zero-order chi connectivity index (χ0) is 10.5. The highest BCUT2D eigenvalue weighted by atomic mass is 33.1. The lowest BCUT2D eigenvalue weighted by Crippen LogP contribution is -1.91. The van der Waals surface area contributed by atoms with Crippen molar-refractivity contribution in [2.24, 2.45) is 5.92 Å². The van der Waals surface area contributed by atoms with Crippen LogP contribution in [0.15, 0.2) is 58.4 Å². The van der Waals surface area contributed by atoms with Crippen molar-refractivity contribution in [2.45, 2.75) is 18.2 Å². The first-order valence-corrected chi connectivity index (χ1v) is 7.27. The number of benzene rings is 1. The van der Waals surface area contributed by atoms with Crippen LogP contribution in [0.3, 0.4) is 0 Å². The molecular formula is C13H14S2. The fraction of sp³-hybridized carbons (Fsp3) is 0.231. The highest BCUT2D eigenvalue weighted by Crippen LogP contribution is 2.39. The quantitative estimate of drug-likeness (QED) is 0.682. The Morgan fingerprint density at radius 3 is 2.67 bits per heavy atom. The van der Waals surface area contributed by atoms with Gasteiger partial charge in [-0.2, -0.15) is 0 Å². The van der Waals surface area contributed by atoms with Gasteiger partial charge in [0, 0.05) is 9.80 Å². The van der Waals surface area contributed by atoms with Crippen LogP contribution in [-0.2, 0) is 0 Å². The molecule has 15 heavy (non-hydrogen) atoms. The van der Waals surface area contributed by atoms with Crippen LogP contribution in [0.2, 0.25) is 0 Å². The van der Waals surface area contributed by atoms with Gasteiger partial charge >= 0.3 is 0 Å². The molecule has 0 saturated heterocycles. The molecule has 0 spiro atoms. The monoisotopic (exact) mass is 234 g/mol. The zero-order valence-electron chi connectivity index (χ0n) is 8.72. The van der Waals surface area contributed by atoms with E-state index in [0.29, 0.717) is 5.92 Å². The molecule has 0 bridgehead atoms. The summed E-state index contributed by atoms with van der Waals surface area (Å²) in [6, 6.07) is 10.5. The number of hydrogen-bond acceptors (Lipinski definition) is 2. The molecule has 0 aliphatic heterocycles. The zero-order valence-corrected chi connectivity index (χ0v) is 10.4. The average Bonchev–Trinajstić information content (AvgIpc) is 2.28. The van der Waals surface area contributed by atoms with Gasteiger partial charge in [-0.3, -0.25) is 0 Å². The first-order chi connectivity index (χ1) is 7.34. The summed E-state index contributed by atoms with van der Waals surface area (Å²) in [5, 5.41) is 0. The Labute approximate surface area is 99.2 Å². The van der Waals surface area contributed by atoms with E-state index in [2.05, 4.69) is 55.5 Å².